The van der Waals surface area contributed by atoms with Crippen LogP contribution >= 0.6 is 11.6 Å². The van der Waals surface area contributed by atoms with Crippen LogP contribution in [0.25, 0.3) is 11.3 Å². The lowest BCUT2D eigenvalue weighted by atomic mass is 10.2. The van der Waals surface area contributed by atoms with E-state index in [0.29, 0.717) is 28.7 Å². The lowest BCUT2D eigenvalue weighted by molar-refractivity contribution is -0.115. The third kappa shape index (κ3) is 8.72. The van der Waals surface area contributed by atoms with E-state index in [9.17, 15) is 4.79 Å². The molecule has 3 rings (SSSR count). The molecule has 0 fully saturated rings. The topological polar surface area (TPSA) is 72.7 Å². The van der Waals surface area contributed by atoms with Crippen LogP contribution in [0.3, 0.4) is 0 Å². The first kappa shape index (κ1) is 28.0. The van der Waals surface area contributed by atoms with Gasteiger partial charge in [0.1, 0.15) is 0 Å². The zero-order chi connectivity index (χ0) is 23.6. The number of amides is 1. The minimum Gasteiger partial charge on any atom is -0.348 e. The molecule has 0 radical (unpaired) electrons. The van der Waals surface area contributed by atoms with Crippen molar-refractivity contribution in [1.82, 2.24) is 25.5 Å². The molecule has 7 heteroatoms. The summed E-state index contributed by atoms with van der Waals surface area (Å²) in [7, 11) is 0. The fraction of sp³-hybridized carbons (Fsp3) is 0.333. The molecule has 0 aliphatic heterocycles. The highest BCUT2D eigenvalue weighted by molar-refractivity contribution is 6.30. The van der Waals surface area contributed by atoms with Gasteiger partial charge in [-0.1, -0.05) is 95.6 Å². The standard InChI is InChI=1S/C18H16ClN5O.3C2H6/c1-2-16(18(25)20-12-13-7-4-3-5-8-13)17-21-22-23-24(17)15-10-6-9-14(19)11-15;3*1-2/h2-11H,12H2,1H3,(H,20,25);3*1-2H3/b16-2+;;;. The Labute approximate surface area is 191 Å². The van der Waals surface area contributed by atoms with Crippen molar-refractivity contribution in [3.8, 4) is 5.69 Å². The predicted molar refractivity (Wildman–Crippen MR) is 130 cm³/mol. The number of allylic oxidation sites excluding steroid dienone is 1. The van der Waals surface area contributed by atoms with Gasteiger partial charge in [0.25, 0.3) is 5.91 Å². The Bertz CT molecular complexity index is 907. The fourth-order valence-corrected chi connectivity index (χ4v) is 2.56. The molecule has 2 aromatic carbocycles. The van der Waals surface area contributed by atoms with Crippen LogP contribution in [0.5, 0.6) is 0 Å². The average molecular weight is 444 g/mol. The summed E-state index contributed by atoms with van der Waals surface area (Å²) in [6, 6.07) is 16.8. The van der Waals surface area contributed by atoms with Crippen LogP contribution in [0.15, 0.2) is 60.7 Å². The van der Waals surface area contributed by atoms with Crippen molar-refractivity contribution < 1.29 is 4.79 Å². The van der Waals surface area contributed by atoms with Gasteiger partial charge in [-0.3, -0.25) is 4.79 Å². The molecule has 31 heavy (non-hydrogen) atoms. The molecule has 1 aromatic heterocycles. The van der Waals surface area contributed by atoms with Crippen LogP contribution in [-0.4, -0.2) is 26.1 Å². The molecule has 0 atom stereocenters. The number of benzene rings is 2. The summed E-state index contributed by atoms with van der Waals surface area (Å²) in [5.41, 5.74) is 2.09. The number of carbonyl (C=O) groups is 1. The minimum atomic E-state index is -0.246. The Morgan fingerprint density at radius 1 is 1.00 bits per heavy atom. The molecule has 1 heterocycles. The molecular formula is C24H34ClN5O. The van der Waals surface area contributed by atoms with E-state index in [-0.39, 0.29) is 5.91 Å². The third-order valence-electron chi connectivity index (χ3n) is 3.59. The Kier molecular flexibility index (Phi) is 15.2. The van der Waals surface area contributed by atoms with Crippen LogP contribution in [0.4, 0.5) is 0 Å². The summed E-state index contributed by atoms with van der Waals surface area (Å²) in [6.07, 6.45) is 1.69. The summed E-state index contributed by atoms with van der Waals surface area (Å²) in [5.74, 6) is 0.111. The van der Waals surface area contributed by atoms with Gasteiger partial charge in [-0.2, -0.15) is 4.68 Å². The maximum Gasteiger partial charge on any atom is 0.255 e. The third-order valence-corrected chi connectivity index (χ3v) is 3.83. The number of hydrogen-bond donors (Lipinski definition) is 1. The van der Waals surface area contributed by atoms with Crippen molar-refractivity contribution in [2.75, 3.05) is 0 Å². The summed E-state index contributed by atoms with van der Waals surface area (Å²) in [4.78, 5) is 12.6. The Hall–Kier alpha value is -2.99. The molecule has 0 spiro atoms. The van der Waals surface area contributed by atoms with E-state index in [1.54, 1.807) is 31.2 Å². The van der Waals surface area contributed by atoms with Gasteiger partial charge in [0.05, 0.1) is 11.3 Å². The number of nitrogens with zero attached hydrogens (tertiary/aromatic N) is 4. The first-order chi connectivity index (χ1) is 15.2. The lowest BCUT2D eigenvalue weighted by Crippen LogP contribution is -2.25. The first-order valence-corrected chi connectivity index (χ1v) is 11.1. The number of carbonyl (C=O) groups excluding carboxylic acids is 1. The molecule has 0 unspecified atom stereocenters. The fourth-order valence-electron chi connectivity index (χ4n) is 2.37. The van der Waals surface area contributed by atoms with Gasteiger partial charge in [0.15, 0.2) is 5.82 Å². The second-order valence-corrected chi connectivity index (χ2v) is 5.70. The predicted octanol–water partition coefficient (Wildman–Crippen LogP) is 6.11. The number of rotatable bonds is 5. The van der Waals surface area contributed by atoms with Gasteiger partial charge in [-0.25, -0.2) is 0 Å². The summed E-state index contributed by atoms with van der Waals surface area (Å²) in [5, 5.41) is 15.1. The summed E-state index contributed by atoms with van der Waals surface area (Å²) < 4.78 is 1.49. The number of halogens is 1. The largest absolute Gasteiger partial charge is 0.348 e. The van der Waals surface area contributed by atoms with Gasteiger partial charge in [-0.15, -0.1) is 5.10 Å². The first-order valence-electron chi connectivity index (χ1n) is 10.7. The number of nitrogens with one attached hydrogen (secondary N) is 1. The van der Waals surface area contributed by atoms with Crippen molar-refractivity contribution in [2.24, 2.45) is 0 Å². The van der Waals surface area contributed by atoms with E-state index < -0.39 is 0 Å². The SMILES string of the molecule is C/C=C(/C(=O)NCc1ccccc1)c1nnnn1-c1cccc(Cl)c1.CC.CC.CC. The van der Waals surface area contributed by atoms with Gasteiger partial charge in [-0.05, 0) is 41.1 Å². The number of aromatic nitrogens is 4. The molecule has 6 nitrogen and oxygen atoms in total. The van der Waals surface area contributed by atoms with Gasteiger partial charge in [0, 0.05) is 11.6 Å². The number of hydrogen-bond acceptors (Lipinski definition) is 4. The monoisotopic (exact) mass is 443 g/mol. The molecule has 0 saturated carbocycles. The molecule has 3 aromatic rings. The Morgan fingerprint density at radius 2 is 1.65 bits per heavy atom. The van der Waals surface area contributed by atoms with E-state index in [2.05, 4.69) is 20.8 Å². The van der Waals surface area contributed by atoms with Crippen LogP contribution in [0.1, 0.15) is 59.9 Å². The second-order valence-electron chi connectivity index (χ2n) is 5.26. The van der Waals surface area contributed by atoms with E-state index in [1.807, 2.05) is 77.9 Å². The van der Waals surface area contributed by atoms with Gasteiger partial charge < -0.3 is 5.32 Å². The summed E-state index contributed by atoms with van der Waals surface area (Å²) >= 11 is 6.03. The molecule has 0 aliphatic rings. The molecule has 0 bridgehead atoms. The highest BCUT2D eigenvalue weighted by Gasteiger charge is 2.19. The van der Waals surface area contributed by atoms with Crippen molar-refractivity contribution in [3.05, 3.63) is 77.1 Å². The van der Waals surface area contributed by atoms with E-state index in [1.165, 1.54) is 4.68 Å². The van der Waals surface area contributed by atoms with Crippen LogP contribution < -0.4 is 5.32 Å². The van der Waals surface area contributed by atoms with Crippen LogP contribution in [0.2, 0.25) is 5.02 Å². The molecule has 168 valence electrons. The highest BCUT2D eigenvalue weighted by Crippen LogP contribution is 2.19. The molecule has 1 N–H and O–H groups in total. The summed E-state index contributed by atoms with van der Waals surface area (Å²) in [6.45, 7) is 14.2. The second kappa shape index (κ2) is 16.8. The lowest BCUT2D eigenvalue weighted by Gasteiger charge is -2.09. The number of tetrazole rings is 1. The van der Waals surface area contributed by atoms with Crippen molar-refractivity contribution in [2.45, 2.75) is 55.0 Å². The average Bonchev–Trinajstić information content (AvgIpc) is 3.32. The normalized spacial score (nSPS) is 9.74. The minimum absolute atomic E-state index is 0.246. The van der Waals surface area contributed by atoms with E-state index in [0.717, 1.165) is 5.56 Å². The van der Waals surface area contributed by atoms with Crippen molar-refractivity contribution in [1.29, 1.82) is 0 Å². The van der Waals surface area contributed by atoms with Crippen LogP contribution in [0, 0.1) is 0 Å². The Morgan fingerprint density at radius 3 is 2.23 bits per heavy atom. The molecule has 0 aliphatic carbocycles. The zero-order valence-corrected chi connectivity index (χ0v) is 20.3. The van der Waals surface area contributed by atoms with Gasteiger partial charge in [0.2, 0.25) is 0 Å². The smallest absolute Gasteiger partial charge is 0.255 e. The molecular weight excluding hydrogens is 410 g/mol. The van der Waals surface area contributed by atoms with Crippen molar-refractivity contribution in [3.63, 3.8) is 0 Å². The Balaban J connectivity index is 0.00000138. The molecule has 0 saturated heterocycles. The highest BCUT2D eigenvalue weighted by atomic mass is 35.5. The van der Waals surface area contributed by atoms with Gasteiger partial charge >= 0.3 is 0 Å². The molecule has 1 amide bonds. The zero-order valence-electron chi connectivity index (χ0n) is 19.6. The van der Waals surface area contributed by atoms with Crippen molar-refractivity contribution >= 4 is 23.1 Å². The maximum atomic E-state index is 12.6. The maximum absolute atomic E-state index is 12.6. The quantitative estimate of drug-likeness (QED) is 0.482. The van der Waals surface area contributed by atoms with E-state index in [4.69, 9.17) is 11.6 Å². The van der Waals surface area contributed by atoms with Crippen LogP contribution in [-0.2, 0) is 11.3 Å². The van der Waals surface area contributed by atoms with E-state index >= 15 is 0 Å².